The molecule has 0 saturated heterocycles. The highest BCUT2D eigenvalue weighted by molar-refractivity contribution is 7.99. The van der Waals surface area contributed by atoms with Crippen LogP contribution in [0, 0.1) is 0 Å². The molecule has 0 radical (unpaired) electrons. The first-order valence-electron chi connectivity index (χ1n) is 8.21. The standard InChI is InChI=1S/C20H19NO3S2/c1-14(24-19(22)13-25-12-18-7-4-10-26-18)20(23)21-17-9-8-15-5-2-3-6-16(15)11-17/h2-11,14H,12-13H2,1H3,(H,21,23)/t14-/m0/s1. The average Bonchev–Trinajstić information content (AvgIpc) is 3.15. The Balaban J connectivity index is 1.47. The topological polar surface area (TPSA) is 55.4 Å². The zero-order valence-electron chi connectivity index (χ0n) is 14.3. The fourth-order valence-corrected chi connectivity index (χ4v) is 4.07. The van der Waals surface area contributed by atoms with Gasteiger partial charge in [-0.05, 0) is 41.3 Å². The molecule has 2 aromatic carbocycles. The fourth-order valence-electron chi connectivity index (χ4n) is 2.43. The van der Waals surface area contributed by atoms with Gasteiger partial charge in [0.05, 0.1) is 5.75 Å². The van der Waals surface area contributed by atoms with Crippen LogP contribution >= 0.6 is 23.1 Å². The lowest BCUT2D eigenvalue weighted by Gasteiger charge is -2.14. The van der Waals surface area contributed by atoms with Crippen LogP contribution in [-0.2, 0) is 20.1 Å². The molecule has 0 fully saturated rings. The minimum absolute atomic E-state index is 0.228. The average molecular weight is 386 g/mol. The highest BCUT2D eigenvalue weighted by Gasteiger charge is 2.18. The van der Waals surface area contributed by atoms with E-state index < -0.39 is 6.10 Å². The molecule has 1 N–H and O–H groups in total. The number of rotatable bonds is 7. The molecule has 3 aromatic rings. The van der Waals surface area contributed by atoms with Gasteiger partial charge in [0.25, 0.3) is 5.91 Å². The maximum Gasteiger partial charge on any atom is 0.316 e. The van der Waals surface area contributed by atoms with Crippen LogP contribution in [-0.4, -0.2) is 23.7 Å². The van der Waals surface area contributed by atoms with Crippen LogP contribution in [0.5, 0.6) is 0 Å². The van der Waals surface area contributed by atoms with E-state index in [9.17, 15) is 9.59 Å². The maximum atomic E-state index is 12.3. The minimum Gasteiger partial charge on any atom is -0.452 e. The predicted molar refractivity (Wildman–Crippen MR) is 109 cm³/mol. The number of carbonyl (C=O) groups excluding carboxylic acids is 2. The van der Waals surface area contributed by atoms with Crippen molar-refractivity contribution in [2.24, 2.45) is 0 Å². The second-order valence-corrected chi connectivity index (χ2v) is 7.77. The highest BCUT2D eigenvalue weighted by atomic mass is 32.2. The van der Waals surface area contributed by atoms with Crippen molar-refractivity contribution in [1.82, 2.24) is 0 Å². The van der Waals surface area contributed by atoms with Crippen molar-refractivity contribution < 1.29 is 14.3 Å². The van der Waals surface area contributed by atoms with Crippen molar-refractivity contribution in [2.75, 3.05) is 11.1 Å². The molecule has 26 heavy (non-hydrogen) atoms. The number of esters is 1. The van der Waals surface area contributed by atoms with Crippen LogP contribution in [0.1, 0.15) is 11.8 Å². The summed E-state index contributed by atoms with van der Waals surface area (Å²) in [5, 5.41) is 6.95. The van der Waals surface area contributed by atoms with Crippen LogP contribution in [0.25, 0.3) is 10.8 Å². The number of thiophene rings is 1. The quantitative estimate of drug-likeness (QED) is 0.599. The number of amides is 1. The SMILES string of the molecule is C[C@H](OC(=O)CSCc1cccs1)C(=O)Nc1ccc2ccccc2c1. The Morgan fingerprint density at radius 3 is 2.69 bits per heavy atom. The third-order valence-electron chi connectivity index (χ3n) is 3.74. The molecule has 1 atom stereocenters. The van der Waals surface area contributed by atoms with Gasteiger partial charge in [-0.3, -0.25) is 9.59 Å². The summed E-state index contributed by atoms with van der Waals surface area (Å²) < 4.78 is 5.22. The minimum atomic E-state index is -0.837. The second kappa shape index (κ2) is 8.87. The Labute approximate surface area is 160 Å². The molecule has 1 heterocycles. The van der Waals surface area contributed by atoms with Gasteiger partial charge < -0.3 is 10.1 Å². The van der Waals surface area contributed by atoms with Crippen LogP contribution < -0.4 is 5.32 Å². The number of anilines is 1. The summed E-state index contributed by atoms with van der Waals surface area (Å²) in [6.45, 7) is 1.58. The number of hydrogen-bond donors (Lipinski definition) is 1. The number of ether oxygens (including phenoxy) is 1. The molecule has 0 aliphatic carbocycles. The van der Waals surface area contributed by atoms with Gasteiger partial charge in [-0.2, -0.15) is 0 Å². The molecule has 0 saturated carbocycles. The summed E-state index contributed by atoms with van der Waals surface area (Å²) in [7, 11) is 0. The molecular formula is C20H19NO3S2. The largest absolute Gasteiger partial charge is 0.452 e. The number of benzene rings is 2. The van der Waals surface area contributed by atoms with Crippen LogP contribution in [0.3, 0.4) is 0 Å². The van der Waals surface area contributed by atoms with Gasteiger partial charge >= 0.3 is 5.97 Å². The van der Waals surface area contributed by atoms with Crippen LogP contribution in [0.2, 0.25) is 0 Å². The van der Waals surface area contributed by atoms with Crippen molar-refractivity contribution in [3.63, 3.8) is 0 Å². The van der Waals surface area contributed by atoms with E-state index in [1.54, 1.807) is 18.3 Å². The van der Waals surface area contributed by atoms with Crippen molar-refractivity contribution in [3.8, 4) is 0 Å². The molecule has 134 valence electrons. The third-order valence-corrected chi connectivity index (χ3v) is 5.75. The number of nitrogens with one attached hydrogen (secondary N) is 1. The summed E-state index contributed by atoms with van der Waals surface area (Å²) in [5.74, 6) is 0.278. The Hall–Kier alpha value is -2.31. The Kier molecular flexibility index (Phi) is 6.30. The zero-order valence-corrected chi connectivity index (χ0v) is 15.9. The first kappa shape index (κ1) is 18.5. The lowest BCUT2D eigenvalue weighted by Crippen LogP contribution is -2.30. The zero-order chi connectivity index (χ0) is 18.4. The Morgan fingerprint density at radius 2 is 1.92 bits per heavy atom. The molecule has 0 unspecified atom stereocenters. The first-order valence-corrected chi connectivity index (χ1v) is 10.2. The second-order valence-electron chi connectivity index (χ2n) is 5.76. The van der Waals surface area contributed by atoms with E-state index in [4.69, 9.17) is 4.74 Å². The predicted octanol–water partition coefficient (Wildman–Crippen LogP) is 4.70. The Morgan fingerprint density at radius 1 is 1.12 bits per heavy atom. The van der Waals surface area contributed by atoms with Gasteiger partial charge in [0.15, 0.2) is 6.10 Å². The van der Waals surface area contributed by atoms with E-state index in [0.717, 1.165) is 16.5 Å². The van der Waals surface area contributed by atoms with Gasteiger partial charge in [-0.25, -0.2) is 0 Å². The number of hydrogen-bond acceptors (Lipinski definition) is 5. The van der Waals surface area contributed by atoms with Gasteiger partial charge in [-0.1, -0.05) is 36.4 Å². The number of carbonyl (C=O) groups is 2. The third kappa shape index (κ3) is 5.09. The summed E-state index contributed by atoms with van der Waals surface area (Å²) in [6, 6.07) is 17.6. The Bertz CT molecular complexity index is 893. The van der Waals surface area contributed by atoms with Crippen molar-refractivity contribution in [1.29, 1.82) is 0 Å². The van der Waals surface area contributed by atoms with Gasteiger partial charge in [0.1, 0.15) is 0 Å². The summed E-state index contributed by atoms with van der Waals surface area (Å²) in [6.07, 6.45) is -0.837. The molecule has 0 aliphatic rings. The van der Waals surface area contributed by atoms with E-state index in [1.807, 2.05) is 60.0 Å². The molecule has 0 bridgehead atoms. The molecule has 0 aliphatic heterocycles. The lowest BCUT2D eigenvalue weighted by atomic mass is 10.1. The van der Waals surface area contributed by atoms with E-state index in [2.05, 4.69) is 5.32 Å². The van der Waals surface area contributed by atoms with Gasteiger partial charge in [-0.15, -0.1) is 23.1 Å². The van der Waals surface area contributed by atoms with Gasteiger partial charge in [0.2, 0.25) is 0 Å². The van der Waals surface area contributed by atoms with Crippen molar-refractivity contribution >= 4 is 51.4 Å². The number of thioether (sulfide) groups is 1. The molecular weight excluding hydrogens is 366 g/mol. The van der Waals surface area contributed by atoms with E-state index in [-0.39, 0.29) is 17.6 Å². The molecule has 1 aromatic heterocycles. The molecule has 4 nitrogen and oxygen atoms in total. The molecule has 1 amide bonds. The van der Waals surface area contributed by atoms with E-state index >= 15 is 0 Å². The normalized spacial score (nSPS) is 11.9. The van der Waals surface area contributed by atoms with Crippen LogP contribution in [0.15, 0.2) is 60.0 Å². The van der Waals surface area contributed by atoms with E-state index in [1.165, 1.54) is 16.6 Å². The maximum absolute atomic E-state index is 12.3. The fraction of sp³-hybridized carbons (Fsp3) is 0.200. The van der Waals surface area contributed by atoms with Gasteiger partial charge in [0, 0.05) is 16.3 Å². The molecule has 0 spiro atoms. The summed E-state index contributed by atoms with van der Waals surface area (Å²) >= 11 is 3.14. The molecule has 6 heteroatoms. The summed E-state index contributed by atoms with van der Waals surface area (Å²) in [5.41, 5.74) is 0.684. The highest BCUT2D eigenvalue weighted by Crippen LogP contribution is 2.20. The molecule has 3 rings (SSSR count). The van der Waals surface area contributed by atoms with E-state index in [0.29, 0.717) is 5.69 Å². The van der Waals surface area contributed by atoms with Crippen LogP contribution in [0.4, 0.5) is 5.69 Å². The van der Waals surface area contributed by atoms with Crippen molar-refractivity contribution in [3.05, 3.63) is 64.9 Å². The number of fused-ring (bicyclic) bond motifs is 1. The smallest absolute Gasteiger partial charge is 0.316 e. The summed E-state index contributed by atoms with van der Waals surface area (Å²) in [4.78, 5) is 25.4. The van der Waals surface area contributed by atoms with Crippen molar-refractivity contribution in [2.45, 2.75) is 18.8 Å². The first-order chi connectivity index (χ1) is 12.6. The monoisotopic (exact) mass is 385 g/mol. The lowest BCUT2D eigenvalue weighted by molar-refractivity contribution is -0.150.